The first-order valence-electron chi connectivity index (χ1n) is 8.97. The number of benzene rings is 3. The Hall–Kier alpha value is -3.06. The normalized spacial score (nSPS) is 10.9. The van der Waals surface area contributed by atoms with Crippen LogP contribution in [0.3, 0.4) is 0 Å². The van der Waals surface area contributed by atoms with Crippen LogP contribution in [0.25, 0.3) is 10.8 Å². The number of methoxy groups -OCH3 is 2. The highest BCUT2D eigenvalue weighted by Crippen LogP contribution is 2.36. The number of hydrazone groups is 1. The van der Waals surface area contributed by atoms with Crippen LogP contribution in [-0.2, 0) is 0 Å². The largest absolute Gasteiger partial charge is 0.496 e. The summed E-state index contributed by atoms with van der Waals surface area (Å²) in [6.07, 6.45) is 1.54. The molecule has 0 saturated carbocycles. The minimum absolute atomic E-state index is 0.360. The number of nitrogens with zero attached hydrogens (tertiary/aromatic N) is 1. The van der Waals surface area contributed by atoms with Crippen molar-refractivity contribution in [2.75, 3.05) is 20.8 Å². The van der Waals surface area contributed by atoms with Crippen LogP contribution < -0.4 is 19.6 Å². The Bertz CT molecular complexity index is 1070. The van der Waals surface area contributed by atoms with Crippen LogP contribution in [0.1, 0.15) is 22.8 Å². The van der Waals surface area contributed by atoms with Crippen molar-refractivity contribution in [3.05, 3.63) is 64.1 Å². The fraction of sp³-hybridized carbons (Fsp3) is 0.182. The van der Waals surface area contributed by atoms with Gasteiger partial charge in [0.2, 0.25) is 0 Å². The Labute approximate surface area is 177 Å². The summed E-state index contributed by atoms with van der Waals surface area (Å²) < 4.78 is 17.0. The number of nitrogens with one attached hydrogen (secondary N) is 1. The predicted octanol–water partition coefficient (Wildman–Crippen LogP) is 4.78. The Kier molecular flexibility index (Phi) is 6.72. The third kappa shape index (κ3) is 4.68. The summed E-state index contributed by atoms with van der Waals surface area (Å²) in [6, 6.07) is 15.0. The summed E-state index contributed by atoms with van der Waals surface area (Å²) in [5.74, 6) is 1.32. The van der Waals surface area contributed by atoms with Crippen LogP contribution in [0.15, 0.2) is 58.1 Å². The Morgan fingerprint density at radius 1 is 1.07 bits per heavy atom. The highest BCUT2D eigenvalue weighted by molar-refractivity contribution is 9.10. The van der Waals surface area contributed by atoms with Gasteiger partial charge in [-0.15, -0.1) is 0 Å². The Morgan fingerprint density at radius 2 is 1.79 bits per heavy atom. The molecule has 1 amide bonds. The number of ether oxygens (including phenoxy) is 3. The first-order valence-corrected chi connectivity index (χ1v) is 9.77. The number of amides is 1. The molecule has 0 heterocycles. The van der Waals surface area contributed by atoms with E-state index in [9.17, 15) is 4.79 Å². The van der Waals surface area contributed by atoms with Crippen LogP contribution in [0.2, 0.25) is 0 Å². The van der Waals surface area contributed by atoms with Crippen molar-refractivity contribution in [1.29, 1.82) is 0 Å². The van der Waals surface area contributed by atoms with Crippen LogP contribution in [-0.4, -0.2) is 32.9 Å². The van der Waals surface area contributed by atoms with E-state index in [-0.39, 0.29) is 5.91 Å². The highest BCUT2D eigenvalue weighted by Gasteiger charge is 2.14. The van der Waals surface area contributed by atoms with Gasteiger partial charge in [0.25, 0.3) is 5.91 Å². The molecule has 0 spiro atoms. The molecule has 6 nitrogen and oxygen atoms in total. The van der Waals surface area contributed by atoms with Gasteiger partial charge in [0.15, 0.2) is 11.5 Å². The van der Waals surface area contributed by atoms with E-state index in [4.69, 9.17) is 14.2 Å². The monoisotopic (exact) mass is 456 g/mol. The summed E-state index contributed by atoms with van der Waals surface area (Å²) in [4.78, 5) is 12.6. The highest BCUT2D eigenvalue weighted by atomic mass is 79.9. The maximum absolute atomic E-state index is 12.6. The molecule has 0 aliphatic carbocycles. The maximum Gasteiger partial charge on any atom is 0.275 e. The van der Waals surface area contributed by atoms with E-state index in [0.29, 0.717) is 29.4 Å². The fourth-order valence-corrected chi connectivity index (χ4v) is 3.54. The Morgan fingerprint density at radius 3 is 2.45 bits per heavy atom. The van der Waals surface area contributed by atoms with Gasteiger partial charge in [-0.1, -0.05) is 24.3 Å². The van der Waals surface area contributed by atoms with Crippen molar-refractivity contribution in [3.63, 3.8) is 0 Å². The first kappa shape index (κ1) is 20.7. The summed E-state index contributed by atoms with van der Waals surface area (Å²) in [7, 11) is 3.11. The molecule has 0 bridgehead atoms. The second-order valence-electron chi connectivity index (χ2n) is 6.07. The summed E-state index contributed by atoms with van der Waals surface area (Å²) >= 11 is 3.46. The lowest BCUT2D eigenvalue weighted by molar-refractivity contribution is 0.0952. The van der Waals surface area contributed by atoms with E-state index in [2.05, 4.69) is 26.5 Å². The molecular weight excluding hydrogens is 436 g/mol. The second kappa shape index (κ2) is 9.43. The van der Waals surface area contributed by atoms with Gasteiger partial charge in [-0.25, -0.2) is 5.43 Å². The average molecular weight is 457 g/mol. The summed E-state index contributed by atoms with van der Waals surface area (Å²) in [5.41, 5.74) is 3.70. The average Bonchev–Trinajstić information content (AvgIpc) is 2.72. The molecule has 0 fully saturated rings. The molecule has 150 valence electrons. The second-order valence-corrected chi connectivity index (χ2v) is 6.92. The lowest BCUT2D eigenvalue weighted by Crippen LogP contribution is -2.18. The lowest BCUT2D eigenvalue weighted by Gasteiger charge is -2.12. The number of halogens is 1. The van der Waals surface area contributed by atoms with Gasteiger partial charge >= 0.3 is 0 Å². The molecule has 0 aromatic heterocycles. The van der Waals surface area contributed by atoms with Crippen molar-refractivity contribution in [3.8, 4) is 17.2 Å². The van der Waals surface area contributed by atoms with Gasteiger partial charge in [0.1, 0.15) is 5.75 Å². The number of hydrogen-bond donors (Lipinski definition) is 1. The number of rotatable bonds is 7. The zero-order valence-electron chi connectivity index (χ0n) is 16.4. The predicted molar refractivity (Wildman–Crippen MR) is 117 cm³/mol. The van der Waals surface area contributed by atoms with E-state index in [1.807, 2.05) is 43.3 Å². The van der Waals surface area contributed by atoms with E-state index in [1.54, 1.807) is 19.2 Å². The number of carbonyl (C=O) groups excluding carboxylic acids is 1. The summed E-state index contributed by atoms with van der Waals surface area (Å²) in [5, 5.41) is 6.02. The van der Waals surface area contributed by atoms with E-state index >= 15 is 0 Å². The lowest BCUT2D eigenvalue weighted by atomic mass is 10.1. The third-order valence-corrected chi connectivity index (χ3v) is 4.82. The third-order valence-electron chi connectivity index (χ3n) is 4.23. The molecule has 29 heavy (non-hydrogen) atoms. The molecule has 3 aromatic rings. The van der Waals surface area contributed by atoms with Crippen LogP contribution >= 0.6 is 15.9 Å². The number of carbonyl (C=O) groups is 1. The molecule has 0 aliphatic heterocycles. The minimum Gasteiger partial charge on any atom is -0.496 e. The smallest absolute Gasteiger partial charge is 0.275 e. The molecule has 3 rings (SSSR count). The molecule has 1 N–H and O–H groups in total. The topological polar surface area (TPSA) is 69.2 Å². The van der Waals surface area contributed by atoms with Gasteiger partial charge < -0.3 is 14.2 Å². The first-order chi connectivity index (χ1) is 14.1. The van der Waals surface area contributed by atoms with Crippen molar-refractivity contribution in [2.24, 2.45) is 5.10 Å². The van der Waals surface area contributed by atoms with Gasteiger partial charge in [-0.3, -0.25) is 4.79 Å². The Balaban J connectivity index is 1.82. The van der Waals surface area contributed by atoms with Gasteiger partial charge in [-0.05, 0) is 63.5 Å². The molecule has 0 radical (unpaired) electrons. The van der Waals surface area contributed by atoms with Crippen molar-refractivity contribution in [1.82, 2.24) is 5.43 Å². The van der Waals surface area contributed by atoms with Gasteiger partial charge in [0.05, 0.1) is 37.1 Å². The molecule has 0 unspecified atom stereocenters. The molecule has 3 aromatic carbocycles. The van der Waals surface area contributed by atoms with E-state index in [1.165, 1.54) is 13.3 Å². The number of fused-ring (bicyclic) bond motifs is 1. The quantitative estimate of drug-likeness (QED) is 0.410. The maximum atomic E-state index is 12.6. The molecule has 0 aliphatic rings. The zero-order valence-corrected chi connectivity index (χ0v) is 17.9. The van der Waals surface area contributed by atoms with E-state index < -0.39 is 0 Å². The molecule has 0 saturated heterocycles. The number of hydrogen-bond acceptors (Lipinski definition) is 5. The van der Waals surface area contributed by atoms with E-state index in [0.717, 1.165) is 20.8 Å². The molecular formula is C22H21BrN2O4. The molecule has 0 atom stereocenters. The SMILES string of the molecule is CCOc1cc(C=NNC(=O)c2cc3ccccc3cc2OC)cc(Br)c1OC. The van der Waals surface area contributed by atoms with Crippen molar-refractivity contribution < 1.29 is 19.0 Å². The minimum atomic E-state index is -0.360. The van der Waals surface area contributed by atoms with Crippen LogP contribution in [0.4, 0.5) is 0 Å². The van der Waals surface area contributed by atoms with Gasteiger partial charge in [-0.2, -0.15) is 5.10 Å². The summed E-state index contributed by atoms with van der Waals surface area (Å²) in [6.45, 7) is 2.40. The zero-order chi connectivity index (χ0) is 20.8. The van der Waals surface area contributed by atoms with Crippen molar-refractivity contribution in [2.45, 2.75) is 6.92 Å². The fourth-order valence-electron chi connectivity index (χ4n) is 2.91. The van der Waals surface area contributed by atoms with Crippen LogP contribution in [0.5, 0.6) is 17.2 Å². The van der Waals surface area contributed by atoms with Gasteiger partial charge in [0, 0.05) is 0 Å². The standard InChI is InChI=1S/C22H21BrN2O4/c1-4-29-20-10-14(9-18(23)21(20)28-3)13-24-25-22(26)17-11-15-7-5-6-8-16(15)12-19(17)27-2/h5-13H,4H2,1-3H3,(H,25,26). The molecule has 7 heteroatoms. The van der Waals surface area contributed by atoms with Crippen LogP contribution in [0, 0.1) is 0 Å². The van der Waals surface area contributed by atoms with Crippen molar-refractivity contribution >= 4 is 38.8 Å².